The van der Waals surface area contributed by atoms with E-state index in [1.807, 2.05) is 43.3 Å². The van der Waals surface area contributed by atoms with Gasteiger partial charge in [-0.2, -0.15) is 9.78 Å². The normalized spacial score (nSPS) is 14.1. The van der Waals surface area contributed by atoms with Crippen molar-refractivity contribution in [3.63, 3.8) is 0 Å². The van der Waals surface area contributed by atoms with Crippen LogP contribution in [0.25, 0.3) is 10.9 Å². The van der Waals surface area contributed by atoms with E-state index in [-0.39, 0.29) is 39.8 Å². The summed E-state index contributed by atoms with van der Waals surface area (Å²) in [5, 5.41) is 8.24. The monoisotopic (exact) mass is 640 g/mol. The van der Waals surface area contributed by atoms with Crippen LogP contribution < -0.4 is 15.6 Å². The lowest BCUT2D eigenvalue weighted by Gasteiger charge is -2.22. The average Bonchev–Trinajstić information content (AvgIpc) is 2.94. The Morgan fingerprint density at radius 3 is 2.50 bits per heavy atom. The summed E-state index contributed by atoms with van der Waals surface area (Å²) in [7, 11) is 0. The van der Waals surface area contributed by atoms with Crippen LogP contribution in [0.4, 0.5) is 5.69 Å². The second kappa shape index (κ2) is 12.5. The molecule has 1 fully saturated rings. The average molecular weight is 642 g/mol. The highest BCUT2D eigenvalue weighted by Gasteiger charge is 2.22. The lowest BCUT2D eigenvalue weighted by atomic mass is 9.88. The summed E-state index contributed by atoms with van der Waals surface area (Å²) in [6.07, 6.45) is 6.83. The molecule has 0 spiro atoms. The number of fused-ring (bicyclic) bond motifs is 1. The van der Waals surface area contributed by atoms with Crippen LogP contribution in [0, 0.1) is 6.92 Å². The highest BCUT2D eigenvalue weighted by Crippen LogP contribution is 2.34. The quantitative estimate of drug-likeness (QED) is 0.209. The molecule has 0 saturated heterocycles. The fourth-order valence-corrected chi connectivity index (χ4v) is 5.76. The van der Waals surface area contributed by atoms with Crippen molar-refractivity contribution in [1.82, 2.24) is 9.66 Å². The number of benzene rings is 3. The number of carbonyl (C=O) groups is 1. The fourth-order valence-electron chi connectivity index (χ4n) is 4.79. The lowest BCUT2D eigenvalue weighted by Crippen LogP contribution is -2.25. The minimum atomic E-state index is -0.341. The van der Waals surface area contributed by atoms with Crippen molar-refractivity contribution in [3.8, 4) is 5.75 Å². The van der Waals surface area contributed by atoms with Crippen molar-refractivity contribution >= 4 is 67.8 Å². The molecule has 0 atom stereocenters. The van der Waals surface area contributed by atoms with E-state index >= 15 is 0 Å². The third-order valence-corrected chi connectivity index (χ3v) is 7.88. The topological polar surface area (TPSA) is 85.6 Å². The maximum absolute atomic E-state index is 13.5. The number of halogens is 3. The van der Waals surface area contributed by atoms with Gasteiger partial charge in [0.25, 0.3) is 11.5 Å². The van der Waals surface area contributed by atoms with Gasteiger partial charge in [-0.25, -0.2) is 4.98 Å². The SMILES string of the molecule is Cc1ccc(NC(=O)COc2c(Cl)cc(C=Nn3c(C4CCCCC4)nc4ccc(Br)cc4c3=O)cc2Cl)cc1. The van der Waals surface area contributed by atoms with Crippen LogP contribution in [0.1, 0.15) is 55.0 Å². The smallest absolute Gasteiger partial charge is 0.282 e. The predicted molar refractivity (Wildman–Crippen MR) is 164 cm³/mol. The minimum Gasteiger partial charge on any atom is -0.481 e. The van der Waals surface area contributed by atoms with Crippen LogP contribution in [0.3, 0.4) is 0 Å². The van der Waals surface area contributed by atoms with Gasteiger partial charge in [0.2, 0.25) is 0 Å². The van der Waals surface area contributed by atoms with Crippen LogP contribution in [0.5, 0.6) is 5.75 Å². The van der Waals surface area contributed by atoms with Crippen molar-refractivity contribution in [3.05, 3.63) is 96.4 Å². The molecule has 4 aromatic rings. The molecule has 0 bridgehead atoms. The zero-order valence-corrected chi connectivity index (χ0v) is 24.9. The Kier molecular flexibility index (Phi) is 8.88. The molecular formula is C30H27BrCl2N4O3. The van der Waals surface area contributed by atoms with Crippen molar-refractivity contribution in [2.75, 3.05) is 11.9 Å². The third kappa shape index (κ3) is 6.57. The van der Waals surface area contributed by atoms with Gasteiger partial charge >= 0.3 is 0 Å². The molecule has 40 heavy (non-hydrogen) atoms. The second-order valence-corrected chi connectivity index (χ2v) is 11.6. The van der Waals surface area contributed by atoms with Gasteiger partial charge in [0.15, 0.2) is 12.4 Å². The molecule has 206 valence electrons. The number of ether oxygens (including phenoxy) is 1. The Bertz CT molecular complexity index is 1620. The summed E-state index contributed by atoms with van der Waals surface area (Å²) >= 11 is 16.4. The number of amides is 1. The number of hydrogen-bond donors (Lipinski definition) is 1. The first kappa shape index (κ1) is 28.3. The molecule has 7 nitrogen and oxygen atoms in total. The Labute approximate surface area is 250 Å². The molecular weight excluding hydrogens is 615 g/mol. The molecule has 1 aromatic heterocycles. The van der Waals surface area contributed by atoms with Gasteiger partial charge in [-0.05, 0) is 67.8 Å². The van der Waals surface area contributed by atoms with Crippen LogP contribution >= 0.6 is 39.1 Å². The number of rotatable bonds is 7. The molecule has 3 aromatic carbocycles. The van der Waals surface area contributed by atoms with Crippen LogP contribution in [-0.2, 0) is 4.79 Å². The molecule has 1 saturated carbocycles. The molecule has 1 aliphatic carbocycles. The number of aryl methyl sites for hydroxylation is 1. The second-order valence-electron chi connectivity index (χ2n) is 9.84. The third-order valence-electron chi connectivity index (χ3n) is 6.83. The van der Waals surface area contributed by atoms with E-state index in [1.165, 1.54) is 17.3 Å². The molecule has 0 radical (unpaired) electrons. The standard InChI is InChI=1S/C30H27BrCl2N4O3/c1-18-7-10-22(11-8-18)35-27(38)17-40-28-24(32)13-19(14-25(28)33)16-34-37-29(20-5-3-2-4-6-20)36-26-12-9-21(31)15-23(26)30(37)39/h7-16,20H,2-6,17H2,1H3,(H,35,38). The molecule has 1 amide bonds. The highest BCUT2D eigenvalue weighted by molar-refractivity contribution is 9.10. The van der Waals surface area contributed by atoms with Crippen LogP contribution in [0.15, 0.2) is 69.0 Å². The van der Waals surface area contributed by atoms with Gasteiger partial charge in [0.1, 0.15) is 5.82 Å². The predicted octanol–water partition coefficient (Wildman–Crippen LogP) is 7.72. The Hall–Kier alpha value is -3.20. The van der Waals surface area contributed by atoms with E-state index in [2.05, 4.69) is 26.3 Å². The molecule has 5 rings (SSSR count). The van der Waals surface area contributed by atoms with Gasteiger partial charge in [-0.1, -0.05) is 76.1 Å². The summed E-state index contributed by atoms with van der Waals surface area (Å²) in [5.41, 5.74) is 2.75. The van der Waals surface area contributed by atoms with Crippen molar-refractivity contribution in [2.45, 2.75) is 44.9 Å². The van der Waals surface area contributed by atoms with Crippen molar-refractivity contribution in [1.29, 1.82) is 0 Å². The number of anilines is 1. The van der Waals surface area contributed by atoms with E-state index in [0.29, 0.717) is 28.0 Å². The molecule has 0 unspecified atom stereocenters. The van der Waals surface area contributed by atoms with Crippen molar-refractivity contribution < 1.29 is 9.53 Å². The number of hydrogen-bond acceptors (Lipinski definition) is 5. The maximum Gasteiger partial charge on any atom is 0.282 e. The van der Waals surface area contributed by atoms with E-state index in [0.717, 1.165) is 35.7 Å². The molecule has 1 heterocycles. The van der Waals surface area contributed by atoms with Gasteiger partial charge in [-0.15, -0.1) is 0 Å². The summed E-state index contributed by atoms with van der Waals surface area (Å²) in [6, 6.07) is 16.2. The minimum absolute atomic E-state index is 0.153. The van der Waals surface area contributed by atoms with Gasteiger partial charge < -0.3 is 10.1 Å². The van der Waals surface area contributed by atoms with Crippen LogP contribution in [0.2, 0.25) is 10.0 Å². The molecule has 10 heteroatoms. The van der Waals surface area contributed by atoms with Crippen molar-refractivity contribution in [2.24, 2.45) is 5.10 Å². The number of nitrogens with zero attached hydrogens (tertiary/aromatic N) is 3. The number of aromatic nitrogens is 2. The number of carbonyl (C=O) groups excluding carboxylic acids is 1. The van der Waals surface area contributed by atoms with Crippen LogP contribution in [-0.4, -0.2) is 28.4 Å². The summed E-state index contributed by atoms with van der Waals surface area (Å²) in [5.74, 6) is 0.664. The largest absolute Gasteiger partial charge is 0.481 e. The first-order chi connectivity index (χ1) is 19.3. The highest BCUT2D eigenvalue weighted by atomic mass is 79.9. The summed E-state index contributed by atoms with van der Waals surface area (Å²) < 4.78 is 7.82. The molecule has 1 N–H and O–H groups in total. The summed E-state index contributed by atoms with van der Waals surface area (Å²) in [4.78, 5) is 30.7. The Balaban J connectivity index is 1.38. The van der Waals surface area contributed by atoms with E-state index < -0.39 is 0 Å². The van der Waals surface area contributed by atoms with E-state index in [9.17, 15) is 9.59 Å². The first-order valence-corrected chi connectivity index (χ1v) is 14.6. The zero-order chi connectivity index (χ0) is 28.2. The van der Waals surface area contributed by atoms with Gasteiger partial charge in [-0.3, -0.25) is 9.59 Å². The fraction of sp³-hybridized carbons (Fsp3) is 0.267. The molecule has 1 aliphatic rings. The maximum atomic E-state index is 13.5. The van der Waals surface area contributed by atoms with Gasteiger partial charge in [0.05, 0.1) is 27.2 Å². The Morgan fingerprint density at radius 2 is 1.80 bits per heavy atom. The Morgan fingerprint density at radius 1 is 1.10 bits per heavy atom. The van der Waals surface area contributed by atoms with E-state index in [1.54, 1.807) is 18.2 Å². The number of nitrogens with one attached hydrogen (secondary N) is 1. The molecule has 0 aliphatic heterocycles. The lowest BCUT2D eigenvalue weighted by molar-refractivity contribution is -0.118. The first-order valence-electron chi connectivity index (χ1n) is 13.0. The summed E-state index contributed by atoms with van der Waals surface area (Å²) in [6.45, 7) is 1.71. The van der Waals surface area contributed by atoms with E-state index in [4.69, 9.17) is 32.9 Å². The zero-order valence-electron chi connectivity index (χ0n) is 21.8. The van der Waals surface area contributed by atoms with Gasteiger partial charge in [0, 0.05) is 16.1 Å².